The molecule has 0 atom stereocenters. The zero-order valence-electron chi connectivity index (χ0n) is 6.34. The van der Waals surface area contributed by atoms with Gasteiger partial charge in [-0.15, -0.1) is 0 Å². The predicted octanol–water partition coefficient (Wildman–Crippen LogP) is 2.03. The molecule has 0 aromatic carbocycles. The smallest absolute Gasteiger partial charge is 0.301 e. The molecule has 1 rings (SSSR count). The third-order valence-electron chi connectivity index (χ3n) is 1.18. The molecule has 0 saturated heterocycles. The van der Waals surface area contributed by atoms with E-state index in [0.29, 0.717) is 10.7 Å². The molecule has 0 aliphatic heterocycles. The summed E-state index contributed by atoms with van der Waals surface area (Å²) in [5.41, 5.74) is 0.449. The molecule has 1 N–H and O–H groups in total. The third kappa shape index (κ3) is 3.05. The van der Waals surface area contributed by atoms with Crippen LogP contribution >= 0.6 is 27.5 Å². The summed E-state index contributed by atoms with van der Waals surface area (Å²) in [6.45, 7) is 0. The van der Waals surface area contributed by atoms with Crippen LogP contribution in [0.15, 0.2) is 18.5 Å². The molecule has 13 heavy (non-hydrogen) atoms. The van der Waals surface area contributed by atoms with Crippen LogP contribution in [0.25, 0.3) is 0 Å². The highest BCUT2D eigenvalue weighted by Crippen LogP contribution is 2.18. The van der Waals surface area contributed by atoms with E-state index in [1.165, 1.54) is 12.4 Å². The van der Waals surface area contributed by atoms with Crippen LogP contribution in [0.5, 0.6) is 0 Å². The number of hydrogen-bond donors (Lipinski definition) is 1. The topological polar surface area (TPSA) is 42.0 Å². The Morgan fingerprint density at radius 3 is 3.08 bits per heavy atom. The molecule has 5 heteroatoms. The van der Waals surface area contributed by atoms with Crippen LogP contribution in [0.3, 0.4) is 0 Å². The van der Waals surface area contributed by atoms with Gasteiger partial charge in [-0.05, 0) is 10.9 Å². The number of halogens is 2. The van der Waals surface area contributed by atoms with Gasteiger partial charge in [-0.2, -0.15) is 0 Å². The number of pyridine rings is 1. The lowest BCUT2D eigenvalue weighted by molar-refractivity contribution is -0.111. The van der Waals surface area contributed by atoms with Gasteiger partial charge in [0.05, 0.1) is 16.9 Å². The highest BCUT2D eigenvalue weighted by atomic mass is 79.9. The summed E-state index contributed by atoms with van der Waals surface area (Å²) in [7, 11) is 0. The average Bonchev–Trinajstić information content (AvgIpc) is 2.09. The lowest BCUT2D eigenvalue weighted by atomic mass is 10.4. The Bertz CT molecular complexity index is 383. The van der Waals surface area contributed by atoms with Crippen LogP contribution in [0.2, 0.25) is 5.02 Å². The van der Waals surface area contributed by atoms with E-state index >= 15 is 0 Å². The van der Waals surface area contributed by atoms with Gasteiger partial charge in [0.15, 0.2) is 0 Å². The van der Waals surface area contributed by atoms with Gasteiger partial charge in [0, 0.05) is 28.0 Å². The van der Waals surface area contributed by atoms with Crippen LogP contribution in [-0.2, 0) is 4.79 Å². The first kappa shape index (κ1) is 10.0. The number of anilines is 1. The fourth-order valence-corrected chi connectivity index (χ4v) is 0.998. The standard InChI is InChI=1S/C8H4BrClN2O/c9-3-1-8(13)12-7-5-11-4-2-6(7)10/h2,4-5H,(H,12,13). The zero-order chi connectivity index (χ0) is 9.68. The number of nitrogens with one attached hydrogen (secondary N) is 1. The minimum atomic E-state index is -0.438. The quantitative estimate of drug-likeness (QED) is 0.784. The maximum Gasteiger partial charge on any atom is 0.301 e. The van der Waals surface area contributed by atoms with Gasteiger partial charge in [0.2, 0.25) is 0 Å². The van der Waals surface area contributed by atoms with E-state index in [9.17, 15) is 4.79 Å². The van der Waals surface area contributed by atoms with Crippen LogP contribution in [0, 0.1) is 10.8 Å². The Kier molecular flexibility index (Phi) is 3.74. The Morgan fingerprint density at radius 2 is 2.46 bits per heavy atom. The summed E-state index contributed by atoms with van der Waals surface area (Å²) < 4.78 is 0. The summed E-state index contributed by atoms with van der Waals surface area (Å²) in [5, 5.41) is 2.90. The van der Waals surface area contributed by atoms with Gasteiger partial charge >= 0.3 is 5.91 Å². The van der Waals surface area contributed by atoms with Crippen molar-refractivity contribution in [2.24, 2.45) is 0 Å². The van der Waals surface area contributed by atoms with Gasteiger partial charge in [-0.3, -0.25) is 9.78 Å². The first-order valence-electron chi connectivity index (χ1n) is 3.26. The van der Waals surface area contributed by atoms with Crippen molar-refractivity contribution >= 4 is 39.1 Å². The second-order valence-electron chi connectivity index (χ2n) is 2.03. The largest absolute Gasteiger partial charge is 0.312 e. The average molecular weight is 259 g/mol. The summed E-state index contributed by atoms with van der Waals surface area (Å²) in [6, 6.07) is 1.58. The first-order valence-corrected chi connectivity index (χ1v) is 4.43. The Balaban J connectivity index is 2.78. The number of amides is 1. The van der Waals surface area contributed by atoms with Gasteiger partial charge < -0.3 is 5.32 Å². The van der Waals surface area contributed by atoms with Crippen LogP contribution in [0.1, 0.15) is 0 Å². The highest BCUT2D eigenvalue weighted by molar-refractivity contribution is 9.12. The molecule has 0 radical (unpaired) electrons. The fourth-order valence-electron chi connectivity index (χ4n) is 0.666. The van der Waals surface area contributed by atoms with E-state index in [2.05, 4.69) is 37.0 Å². The van der Waals surface area contributed by atoms with Crippen molar-refractivity contribution in [1.82, 2.24) is 4.98 Å². The Labute approximate surface area is 88.6 Å². The molecular formula is C8H4BrClN2O. The van der Waals surface area contributed by atoms with Crippen molar-refractivity contribution in [2.45, 2.75) is 0 Å². The van der Waals surface area contributed by atoms with Crippen molar-refractivity contribution in [3.05, 3.63) is 23.5 Å². The summed E-state index contributed by atoms with van der Waals surface area (Å²) in [4.78, 5) is 17.1. The van der Waals surface area contributed by atoms with Crippen molar-refractivity contribution in [2.75, 3.05) is 5.32 Å². The van der Waals surface area contributed by atoms with E-state index < -0.39 is 5.91 Å². The zero-order valence-corrected chi connectivity index (χ0v) is 8.69. The number of rotatable bonds is 1. The van der Waals surface area contributed by atoms with Gasteiger partial charge in [0.1, 0.15) is 0 Å². The normalized spacial score (nSPS) is 8.46. The number of carbonyl (C=O) groups excluding carboxylic acids is 1. The molecule has 1 aromatic rings. The number of carbonyl (C=O) groups is 1. The molecule has 1 amide bonds. The highest BCUT2D eigenvalue weighted by Gasteiger charge is 2.01. The van der Waals surface area contributed by atoms with Crippen molar-refractivity contribution < 1.29 is 4.79 Å². The fraction of sp³-hybridized carbons (Fsp3) is 0. The molecule has 3 nitrogen and oxygen atoms in total. The maximum atomic E-state index is 11.0. The minimum absolute atomic E-state index is 0.430. The van der Waals surface area contributed by atoms with E-state index in [-0.39, 0.29) is 0 Å². The molecule has 0 unspecified atom stereocenters. The molecule has 0 bridgehead atoms. The van der Waals surface area contributed by atoms with Gasteiger partial charge in [0.25, 0.3) is 0 Å². The van der Waals surface area contributed by atoms with Crippen LogP contribution in [-0.4, -0.2) is 10.9 Å². The molecule has 0 aliphatic carbocycles. The summed E-state index contributed by atoms with van der Waals surface area (Å²) in [6.07, 6.45) is 2.99. The summed E-state index contributed by atoms with van der Waals surface area (Å²) in [5.74, 6) is 1.81. The maximum absolute atomic E-state index is 11.0. The monoisotopic (exact) mass is 258 g/mol. The molecule has 1 aromatic heterocycles. The number of hydrogen-bond acceptors (Lipinski definition) is 2. The molecular weight excluding hydrogens is 255 g/mol. The van der Waals surface area contributed by atoms with E-state index in [4.69, 9.17) is 11.6 Å². The lowest BCUT2D eigenvalue weighted by Gasteiger charge is -2.00. The van der Waals surface area contributed by atoms with E-state index in [0.717, 1.165) is 0 Å². The molecule has 66 valence electrons. The predicted molar refractivity (Wildman–Crippen MR) is 54.6 cm³/mol. The third-order valence-corrected chi connectivity index (χ3v) is 1.70. The lowest BCUT2D eigenvalue weighted by Crippen LogP contribution is -2.08. The SMILES string of the molecule is O=C(C#CBr)Nc1cnccc1Cl. The van der Waals surface area contributed by atoms with Gasteiger partial charge in [-0.25, -0.2) is 0 Å². The second-order valence-corrected chi connectivity index (χ2v) is 2.83. The molecule has 0 spiro atoms. The molecule has 0 fully saturated rings. The molecule has 1 heterocycles. The Morgan fingerprint density at radius 1 is 1.69 bits per heavy atom. The van der Waals surface area contributed by atoms with Crippen LogP contribution in [0.4, 0.5) is 5.69 Å². The molecule has 0 aliphatic rings. The number of aromatic nitrogens is 1. The Hall–Kier alpha value is -1.05. The van der Waals surface area contributed by atoms with Gasteiger partial charge in [-0.1, -0.05) is 11.6 Å². The number of nitrogens with zero attached hydrogens (tertiary/aromatic N) is 1. The second kappa shape index (κ2) is 4.85. The van der Waals surface area contributed by atoms with Crippen molar-refractivity contribution in [1.29, 1.82) is 0 Å². The van der Waals surface area contributed by atoms with E-state index in [1.54, 1.807) is 6.07 Å². The van der Waals surface area contributed by atoms with Crippen molar-refractivity contribution in [3.8, 4) is 10.8 Å². The minimum Gasteiger partial charge on any atom is -0.312 e. The summed E-state index contributed by atoms with van der Waals surface area (Å²) >= 11 is 8.57. The van der Waals surface area contributed by atoms with Crippen LogP contribution < -0.4 is 5.32 Å². The van der Waals surface area contributed by atoms with Crippen molar-refractivity contribution in [3.63, 3.8) is 0 Å². The first-order chi connectivity index (χ1) is 6.24. The van der Waals surface area contributed by atoms with E-state index in [1.807, 2.05) is 0 Å². The molecule has 0 saturated carbocycles.